The highest BCUT2D eigenvalue weighted by Crippen LogP contribution is 2.28. The van der Waals surface area contributed by atoms with Crippen LogP contribution in [0.25, 0.3) is 0 Å². The van der Waals surface area contributed by atoms with Crippen molar-refractivity contribution < 1.29 is 4.74 Å². The van der Waals surface area contributed by atoms with Gasteiger partial charge in [-0.25, -0.2) is 0 Å². The van der Waals surface area contributed by atoms with Crippen LogP contribution in [0.2, 0.25) is 5.02 Å². The molecule has 1 aromatic rings. The molecule has 1 atom stereocenters. The smallest absolute Gasteiger partial charge is 0.124 e. The third-order valence-electron chi connectivity index (χ3n) is 3.09. The molecule has 1 aromatic carbocycles. The fraction of sp³-hybridized carbons (Fsp3) is 0.571. The molecule has 17 heavy (non-hydrogen) atoms. The summed E-state index contributed by atoms with van der Waals surface area (Å²) < 4.78 is 5.86. The maximum Gasteiger partial charge on any atom is 0.124 e. The van der Waals surface area contributed by atoms with Crippen molar-refractivity contribution in [3.05, 3.63) is 28.8 Å². The van der Waals surface area contributed by atoms with Gasteiger partial charge < -0.3 is 10.5 Å². The Morgan fingerprint density at radius 3 is 2.47 bits per heavy atom. The van der Waals surface area contributed by atoms with E-state index in [1.54, 1.807) is 0 Å². The van der Waals surface area contributed by atoms with Crippen LogP contribution in [0.3, 0.4) is 0 Å². The van der Waals surface area contributed by atoms with E-state index < -0.39 is 0 Å². The van der Waals surface area contributed by atoms with E-state index in [1.165, 1.54) is 0 Å². The molecule has 0 aliphatic heterocycles. The molecule has 0 heterocycles. The number of ether oxygens (including phenoxy) is 1. The minimum atomic E-state index is -0.0644. The van der Waals surface area contributed by atoms with E-state index in [-0.39, 0.29) is 6.04 Å². The van der Waals surface area contributed by atoms with E-state index in [0.717, 1.165) is 30.8 Å². The van der Waals surface area contributed by atoms with Crippen LogP contribution < -0.4 is 10.5 Å². The van der Waals surface area contributed by atoms with Crippen LogP contribution in [0.5, 0.6) is 5.75 Å². The maximum atomic E-state index is 5.97. The van der Waals surface area contributed by atoms with E-state index in [0.29, 0.717) is 10.9 Å². The number of hydrogen-bond donors (Lipinski definition) is 1. The molecule has 1 rings (SSSR count). The lowest BCUT2D eigenvalue weighted by molar-refractivity contribution is 0.238. The quantitative estimate of drug-likeness (QED) is 0.828. The van der Waals surface area contributed by atoms with Gasteiger partial charge in [-0.05, 0) is 31.0 Å². The molecule has 0 spiro atoms. The summed E-state index contributed by atoms with van der Waals surface area (Å²) in [5, 5.41) is 0.701. The highest BCUT2D eigenvalue weighted by molar-refractivity contribution is 6.30. The number of halogens is 1. The Morgan fingerprint density at radius 2 is 1.94 bits per heavy atom. The first-order valence-electron chi connectivity index (χ1n) is 6.26. The minimum absolute atomic E-state index is 0.0644. The zero-order valence-electron chi connectivity index (χ0n) is 10.9. The van der Waals surface area contributed by atoms with Crippen molar-refractivity contribution >= 4 is 11.6 Å². The summed E-state index contributed by atoms with van der Waals surface area (Å²) >= 11 is 5.97. The normalized spacial score (nSPS) is 12.8. The predicted molar refractivity (Wildman–Crippen MR) is 73.6 cm³/mol. The Balaban J connectivity index is 2.76. The minimum Gasteiger partial charge on any atom is -0.493 e. The second kappa shape index (κ2) is 6.87. The fourth-order valence-corrected chi connectivity index (χ4v) is 1.92. The molecule has 96 valence electrons. The number of benzene rings is 1. The van der Waals surface area contributed by atoms with Crippen LogP contribution in [-0.4, -0.2) is 6.61 Å². The van der Waals surface area contributed by atoms with Crippen LogP contribution >= 0.6 is 11.6 Å². The molecule has 1 unspecified atom stereocenters. The summed E-state index contributed by atoms with van der Waals surface area (Å²) in [4.78, 5) is 0. The van der Waals surface area contributed by atoms with Crippen molar-refractivity contribution in [2.45, 2.75) is 39.7 Å². The monoisotopic (exact) mass is 255 g/mol. The average Bonchev–Trinajstić information content (AvgIpc) is 2.31. The second-order valence-electron chi connectivity index (χ2n) is 4.46. The van der Waals surface area contributed by atoms with E-state index in [4.69, 9.17) is 22.1 Å². The van der Waals surface area contributed by atoms with E-state index in [1.807, 2.05) is 25.1 Å². The Labute approximate surface area is 109 Å². The lowest BCUT2D eigenvalue weighted by Crippen LogP contribution is -2.13. The second-order valence-corrected chi connectivity index (χ2v) is 4.90. The van der Waals surface area contributed by atoms with Crippen LogP contribution in [0.4, 0.5) is 0 Å². The lowest BCUT2D eigenvalue weighted by atomic mass is 10.0. The fourth-order valence-electron chi connectivity index (χ4n) is 1.74. The van der Waals surface area contributed by atoms with Gasteiger partial charge >= 0.3 is 0 Å². The molecule has 0 saturated heterocycles. The summed E-state index contributed by atoms with van der Waals surface area (Å²) in [7, 11) is 0. The standard InChI is InChI=1S/C14H22ClNO/c1-4-11(5-2)9-17-14-7-6-12(15)8-13(14)10(3)16/h6-8,10-11H,4-5,9,16H2,1-3H3. The first-order valence-corrected chi connectivity index (χ1v) is 6.64. The van der Waals surface area contributed by atoms with Gasteiger partial charge in [-0.3, -0.25) is 0 Å². The van der Waals surface area contributed by atoms with E-state index >= 15 is 0 Å². The summed E-state index contributed by atoms with van der Waals surface area (Å²) in [6, 6.07) is 5.57. The van der Waals surface area contributed by atoms with Gasteiger partial charge in [-0.1, -0.05) is 38.3 Å². The summed E-state index contributed by atoms with van der Waals surface area (Å²) in [5.41, 5.74) is 6.89. The Hall–Kier alpha value is -0.730. The lowest BCUT2D eigenvalue weighted by Gasteiger charge is -2.18. The molecule has 0 aliphatic rings. The molecule has 0 fully saturated rings. The van der Waals surface area contributed by atoms with Crippen LogP contribution in [0, 0.1) is 5.92 Å². The summed E-state index contributed by atoms with van der Waals surface area (Å²) in [6.07, 6.45) is 2.27. The van der Waals surface area contributed by atoms with Gasteiger partial charge in [0, 0.05) is 16.6 Å². The zero-order valence-corrected chi connectivity index (χ0v) is 11.6. The van der Waals surface area contributed by atoms with Crippen molar-refractivity contribution in [3.8, 4) is 5.75 Å². The van der Waals surface area contributed by atoms with Gasteiger partial charge in [0.2, 0.25) is 0 Å². The average molecular weight is 256 g/mol. The highest BCUT2D eigenvalue weighted by atomic mass is 35.5. The van der Waals surface area contributed by atoms with Gasteiger partial charge in [0.15, 0.2) is 0 Å². The molecule has 3 heteroatoms. The maximum absolute atomic E-state index is 5.97. The molecular formula is C14H22ClNO. The first-order chi connectivity index (χ1) is 8.08. The summed E-state index contributed by atoms with van der Waals surface area (Å²) in [6.45, 7) is 7.06. The van der Waals surface area contributed by atoms with Crippen molar-refractivity contribution in [3.63, 3.8) is 0 Å². The van der Waals surface area contributed by atoms with Gasteiger partial charge in [0.1, 0.15) is 5.75 Å². The molecule has 2 N–H and O–H groups in total. The molecule has 2 nitrogen and oxygen atoms in total. The number of rotatable bonds is 6. The molecule has 0 saturated carbocycles. The van der Waals surface area contributed by atoms with Gasteiger partial charge in [-0.15, -0.1) is 0 Å². The van der Waals surface area contributed by atoms with Crippen LogP contribution in [0.15, 0.2) is 18.2 Å². The third-order valence-corrected chi connectivity index (χ3v) is 3.33. The van der Waals surface area contributed by atoms with Gasteiger partial charge in [0.05, 0.1) is 6.61 Å². The van der Waals surface area contributed by atoms with Gasteiger partial charge in [0.25, 0.3) is 0 Å². The number of hydrogen-bond acceptors (Lipinski definition) is 2. The molecular weight excluding hydrogens is 234 g/mol. The Bertz CT molecular complexity index is 348. The third kappa shape index (κ3) is 4.21. The Morgan fingerprint density at radius 1 is 1.29 bits per heavy atom. The van der Waals surface area contributed by atoms with E-state index in [2.05, 4.69) is 13.8 Å². The molecule has 0 amide bonds. The highest BCUT2D eigenvalue weighted by Gasteiger charge is 2.11. The van der Waals surface area contributed by atoms with Crippen LogP contribution in [0.1, 0.15) is 45.2 Å². The van der Waals surface area contributed by atoms with Crippen molar-refractivity contribution in [2.75, 3.05) is 6.61 Å². The molecule has 0 aromatic heterocycles. The van der Waals surface area contributed by atoms with Crippen molar-refractivity contribution in [1.29, 1.82) is 0 Å². The zero-order chi connectivity index (χ0) is 12.8. The molecule has 0 radical (unpaired) electrons. The van der Waals surface area contributed by atoms with Crippen molar-refractivity contribution in [2.24, 2.45) is 11.7 Å². The first kappa shape index (κ1) is 14.3. The topological polar surface area (TPSA) is 35.2 Å². The Kier molecular flexibility index (Phi) is 5.79. The number of nitrogens with two attached hydrogens (primary N) is 1. The van der Waals surface area contributed by atoms with Crippen LogP contribution in [-0.2, 0) is 0 Å². The van der Waals surface area contributed by atoms with E-state index in [9.17, 15) is 0 Å². The summed E-state index contributed by atoms with van der Waals surface area (Å²) in [5.74, 6) is 1.46. The SMILES string of the molecule is CCC(CC)COc1ccc(Cl)cc1C(C)N. The largest absolute Gasteiger partial charge is 0.493 e. The molecule has 0 aliphatic carbocycles. The molecule has 0 bridgehead atoms. The van der Waals surface area contributed by atoms with Crippen molar-refractivity contribution in [1.82, 2.24) is 0 Å². The predicted octanol–water partition coefficient (Wildman–Crippen LogP) is 4.17. The van der Waals surface area contributed by atoms with Gasteiger partial charge in [-0.2, -0.15) is 0 Å².